The van der Waals surface area contributed by atoms with Gasteiger partial charge in [0, 0.05) is 5.75 Å². The van der Waals surface area contributed by atoms with Gasteiger partial charge in [0.25, 0.3) is 0 Å². The standard InChI is InChI=1S/C7H14OS2/c1-7(2)4-8-6(9-3)10-5-7/h6H,4-5H2,1-3H3. The fourth-order valence-electron chi connectivity index (χ4n) is 0.813. The number of hydrogen-bond donors (Lipinski definition) is 0. The van der Waals surface area contributed by atoms with Crippen LogP contribution in [0.15, 0.2) is 0 Å². The van der Waals surface area contributed by atoms with Crippen LogP contribution < -0.4 is 0 Å². The second kappa shape index (κ2) is 3.37. The van der Waals surface area contributed by atoms with Crippen molar-refractivity contribution in [3.8, 4) is 0 Å². The Balaban J connectivity index is 2.31. The fourth-order valence-corrected chi connectivity index (χ4v) is 2.60. The van der Waals surface area contributed by atoms with E-state index in [2.05, 4.69) is 20.1 Å². The van der Waals surface area contributed by atoms with Gasteiger partial charge in [-0.2, -0.15) is 0 Å². The average Bonchev–Trinajstić information content (AvgIpc) is 1.88. The first-order valence-corrected chi connectivity index (χ1v) is 5.74. The van der Waals surface area contributed by atoms with Crippen LogP contribution in [0.5, 0.6) is 0 Å². The zero-order valence-electron chi connectivity index (χ0n) is 6.72. The van der Waals surface area contributed by atoms with Crippen LogP contribution in [0.25, 0.3) is 0 Å². The minimum absolute atomic E-state index is 0.382. The first-order chi connectivity index (χ1) is 4.64. The highest BCUT2D eigenvalue weighted by Gasteiger charge is 2.27. The molecule has 0 bridgehead atoms. The summed E-state index contributed by atoms with van der Waals surface area (Å²) < 4.78 is 5.95. The molecule has 0 aromatic heterocycles. The number of ether oxygens (including phenoxy) is 1. The van der Waals surface area contributed by atoms with E-state index in [9.17, 15) is 0 Å². The summed E-state index contributed by atoms with van der Waals surface area (Å²) >= 11 is 3.70. The molecule has 60 valence electrons. The molecular formula is C7H14OS2. The largest absolute Gasteiger partial charge is 0.357 e. The zero-order valence-corrected chi connectivity index (χ0v) is 8.35. The summed E-state index contributed by atoms with van der Waals surface area (Å²) in [4.78, 5) is 0. The molecule has 0 amide bonds. The first-order valence-electron chi connectivity index (χ1n) is 3.40. The van der Waals surface area contributed by atoms with Crippen LogP contribution in [0, 0.1) is 5.41 Å². The molecular weight excluding hydrogens is 164 g/mol. The van der Waals surface area contributed by atoms with E-state index in [0.717, 1.165) is 6.61 Å². The first kappa shape index (κ1) is 8.75. The number of hydrogen-bond acceptors (Lipinski definition) is 3. The molecule has 1 nitrogen and oxygen atoms in total. The van der Waals surface area contributed by atoms with E-state index in [1.54, 1.807) is 11.8 Å². The number of thioether (sulfide) groups is 2. The van der Waals surface area contributed by atoms with E-state index < -0.39 is 0 Å². The quantitative estimate of drug-likeness (QED) is 0.610. The van der Waals surface area contributed by atoms with E-state index >= 15 is 0 Å². The minimum atomic E-state index is 0.382. The topological polar surface area (TPSA) is 9.23 Å². The lowest BCUT2D eigenvalue weighted by molar-refractivity contribution is 0.0819. The van der Waals surface area contributed by atoms with Crippen LogP contribution in [-0.4, -0.2) is 23.4 Å². The van der Waals surface area contributed by atoms with E-state index in [1.807, 2.05) is 11.8 Å². The van der Waals surface area contributed by atoms with Crippen molar-refractivity contribution in [3.05, 3.63) is 0 Å². The van der Waals surface area contributed by atoms with Gasteiger partial charge in [0.2, 0.25) is 0 Å². The molecule has 1 atom stereocenters. The smallest absolute Gasteiger partial charge is 0.149 e. The molecule has 1 rings (SSSR count). The van der Waals surface area contributed by atoms with Crippen molar-refractivity contribution >= 4 is 23.5 Å². The highest BCUT2D eigenvalue weighted by atomic mass is 32.2. The van der Waals surface area contributed by atoms with Crippen LogP contribution >= 0.6 is 23.5 Å². The van der Waals surface area contributed by atoms with E-state index in [1.165, 1.54) is 5.75 Å². The van der Waals surface area contributed by atoms with Crippen molar-refractivity contribution in [2.24, 2.45) is 5.41 Å². The molecule has 1 saturated heterocycles. The summed E-state index contributed by atoms with van der Waals surface area (Å²) in [5.74, 6) is 1.22. The zero-order chi connectivity index (χ0) is 7.61. The Labute approximate surface area is 71.3 Å². The molecule has 0 radical (unpaired) electrons. The normalized spacial score (nSPS) is 32.1. The predicted octanol–water partition coefficient (Wildman–Crippen LogP) is 2.42. The molecule has 1 aliphatic rings. The maximum Gasteiger partial charge on any atom is 0.149 e. The Kier molecular flexibility index (Phi) is 2.95. The molecule has 1 aliphatic heterocycles. The lowest BCUT2D eigenvalue weighted by atomic mass is 9.98. The van der Waals surface area contributed by atoms with Crippen molar-refractivity contribution in [2.45, 2.75) is 18.6 Å². The van der Waals surface area contributed by atoms with Gasteiger partial charge in [-0.3, -0.25) is 0 Å². The average molecular weight is 178 g/mol. The highest BCUT2D eigenvalue weighted by molar-refractivity contribution is 8.16. The monoisotopic (exact) mass is 178 g/mol. The van der Waals surface area contributed by atoms with Crippen molar-refractivity contribution in [1.29, 1.82) is 0 Å². The second-order valence-electron chi connectivity index (χ2n) is 3.31. The van der Waals surface area contributed by atoms with E-state index in [0.29, 0.717) is 10.2 Å². The molecule has 1 unspecified atom stereocenters. The molecule has 0 N–H and O–H groups in total. The SMILES string of the molecule is CSC1OCC(C)(C)CS1. The van der Waals surface area contributed by atoms with Crippen LogP contribution in [0.4, 0.5) is 0 Å². The van der Waals surface area contributed by atoms with Gasteiger partial charge < -0.3 is 4.74 Å². The molecule has 0 aromatic rings. The van der Waals surface area contributed by atoms with Gasteiger partial charge in [-0.05, 0) is 11.7 Å². The van der Waals surface area contributed by atoms with Crippen LogP contribution in [0.3, 0.4) is 0 Å². The van der Waals surface area contributed by atoms with Gasteiger partial charge >= 0.3 is 0 Å². The van der Waals surface area contributed by atoms with Crippen molar-refractivity contribution in [1.82, 2.24) is 0 Å². The Bertz CT molecular complexity index is 104. The molecule has 1 heterocycles. The van der Waals surface area contributed by atoms with Gasteiger partial charge in [0.1, 0.15) is 4.77 Å². The van der Waals surface area contributed by atoms with E-state index in [-0.39, 0.29) is 0 Å². The van der Waals surface area contributed by atoms with Gasteiger partial charge in [0.05, 0.1) is 6.61 Å². The summed E-state index contributed by atoms with van der Waals surface area (Å²) in [6, 6.07) is 0. The second-order valence-corrected chi connectivity index (χ2v) is 5.56. The summed E-state index contributed by atoms with van der Waals surface area (Å²) in [6.45, 7) is 5.40. The van der Waals surface area contributed by atoms with Gasteiger partial charge in [0.15, 0.2) is 0 Å². The highest BCUT2D eigenvalue weighted by Crippen LogP contribution is 2.35. The van der Waals surface area contributed by atoms with Gasteiger partial charge in [-0.1, -0.05) is 13.8 Å². The molecule has 0 aliphatic carbocycles. The maximum atomic E-state index is 5.57. The lowest BCUT2D eigenvalue weighted by Crippen LogP contribution is -2.30. The van der Waals surface area contributed by atoms with Gasteiger partial charge in [-0.25, -0.2) is 0 Å². The van der Waals surface area contributed by atoms with Gasteiger partial charge in [-0.15, -0.1) is 23.5 Å². The van der Waals surface area contributed by atoms with Crippen LogP contribution in [0.2, 0.25) is 0 Å². The maximum absolute atomic E-state index is 5.57. The molecule has 0 saturated carbocycles. The van der Waals surface area contributed by atoms with Crippen molar-refractivity contribution in [3.63, 3.8) is 0 Å². The predicted molar refractivity (Wildman–Crippen MR) is 49.5 cm³/mol. The van der Waals surface area contributed by atoms with Crippen LogP contribution in [-0.2, 0) is 4.74 Å². The number of rotatable bonds is 1. The Morgan fingerprint density at radius 2 is 2.30 bits per heavy atom. The Morgan fingerprint density at radius 3 is 2.70 bits per heavy atom. The fraction of sp³-hybridized carbons (Fsp3) is 1.00. The minimum Gasteiger partial charge on any atom is -0.357 e. The summed E-state index contributed by atoms with van der Waals surface area (Å²) in [5, 5.41) is 0. The molecule has 0 spiro atoms. The summed E-state index contributed by atoms with van der Waals surface area (Å²) in [5.41, 5.74) is 0.386. The van der Waals surface area contributed by atoms with Crippen molar-refractivity contribution < 1.29 is 4.74 Å². The third-order valence-corrected chi connectivity index (χ3v) is 4.28. The summed E-state index contributed by atoms with van der Waals surface area (Å²) in [7, 11) is 0. The third kappa shape index (κ3) is 2.36. The molecule has 3 heteroatoms. The molecule has 0 aromatic carbocycles. The van der Waals surface area contributed by atoms with E-state index in [4.69, 9.17) is 4.74 Å². The third-order valence-electron chi connectivity index (χ3n) is 1.41. The van der Waals surface area contributed by atoms with Crippen LogP contribution in [0.1, 0.15) is 13.8 Å². The lowest BCUT2D eigenvalue weighted by Gasteiger charge is -2.32. The Morgan fingerprint density at radius 1 is 1.60 bits per heavy atom. The van der Waals surface area contributed by atoms with Crippen molar-refractivity contribution in [2.75, 3.05) is 18.6 Å². The summed E-state index contributed by atoms with van der Waals surface area (Å²) in [6.07, 6.45) is 2.09. The Hall–Kier alpha value is 0.660. The molecule has 1 fully saturated rings. The molecule has 10 heavy (non-hydrogen) atoms.